The molecule has 1 atom stereocenters. The van der Waals surface area contributed by atoms with Gasteiger partial charge in [0.25, 0.3) is 0 Å². The molecule has 0 aliphatic heterocycles. The molecule has 0 radical (unpaired) electrons. The van der Waals surface area contributed by atoms with E-state index in [1.807, 2.05) is 23.8 Å². The smallest absolute Gasteiger partial charge is 0.106 e. The lowest BCUT2D eigenvalue weighted by Crippen LogP contribution is -2.17. The van der Waals surface area contributed by atoms with Crippen LogP contribution in [0.15, 0.2) is 36.1 Å². The maximum absolute atomic E-state index is 4.22. The Labute approximate surface area is 93.2 Å². The van der Waals surface area contributed by atoms with Crippen molar-refractivity contribution in [3.05, 3.63) is 46.7 Å². The van der Waals surface area contributed by atoms with Crippen LogP contribution in [-0.4, -0.2) is 9.97 Å². The molecular formula is C11H13N3S. The molecule has 0 fully saturated rings. The third-order valence-electron chi connectivity index (χ3n) is 2.23. The maximum atomic E-state index is 4.22. The molecule has 2 aromatic heterocycles. The topological polar surface area (TPSA) is 37.8 Å². The first-order chi connectivity index (χ1) is 7.36. The number of nitrogens with one attached hydrogen (secondary N) is 1. The third-order valence-corrected chi connectivity index (χ3v) is 3.01. The van der Waals surface area contributed by atoms with Crippen LogP contribution in [0.4, 0.5) is 0 Å². The highest BCUT2D eigenvalue weighted by atomic mass is 32.1. The second-order valence-electron chi connectivity index (χ2n) is 3.31. The van der Waals surface area contributed by atoms with Crippen molar-refractivity contribution in [2.75, 3.05) is 0 Å². The van der Waals surface area contributed by atoms with Crippen molar-refractivity contribution in [2.24, 2.45) is 0 Å². The van der Waals surface area contributed by atoms with Gasteiger partial charge >= 0.3 is 0 Å². The Balaban J connectivity index is 1.90. The van der Waals surface area contributed by atoms with Gasteiger partial charge in [0.05, 0.1) is 0 Å². The van der Waals surface area contributed by atoms with E-state index in [1.165, 1.54) is 5.56 Å². The maximum Gasteiger partial charge on any atom is 0.106 e. The van der Waals surface area contributed by atoms with E-state index in [1.54, 1.807) is 17.5 Å². The van der Waals surface area contributed by atoms with Crippen LogP contribution < -0.4 is 5.32 Å². The zero-order chi connectivity index (χ0) is 10.5. The highest BCUT2D eigenvalue weighted by molar-refractivity contribution is 7.09. The molecule has 2 rings (SSSR count). The highest BCUT2D eigenvalue weighted by Crippen LogP contribution is 2.11. The average molecular weight is 219 g/mol. The first kappa shape index (κ1) is 10.3. The summed E-state index contributed by atoms with van der Waals surface area (Å²) in [6.07, 6.45) is 5.51. The SMILES string of the molecule is C[C@H](NCc1nccs1)c1cccnc1. The van der Waals surface area contributed by atoms with Crippen molar-refractivity contribution < 1.29 is 0 Å². The van der Waals surface area contributed by atoms with Crippen molar-refractivity contribution in [2.45, 2.75) is 19.5 Å². The molecule has 4 heteroatoms. The third kappa shape index (κ3) is 2.84. The van der Waals surface area contributed by atoms with E-state index in [-0.39, 0.29) is 0 Å². The molecule has 2 heterocycles. The molecule has 0 saturated heterocycles. The standard InChI is InChI=1S/C11H13N3S/c1-9(10-3-2-4-12-7-10)14-8-11-13-5-6-15-11/h2-7,9,14H,8H2,1H3/t9-/m0/s1. The van der Waals surface area contributed by atoms with Crippen molar-refractivity contribution in [1.29, 1.82) is 0 Å². The summed E-state index contributed by atoms with van der Waals surface area (Å²) in [5.74, 6) is 0. The molecule has 0 aromatic carbocycles. The minimum absolute atomic E-state index is 0.308. The Morgan fingerprint density at radius 3 is 3.07 bits per heavy atom. The predicted octanol–water partition coefficient (Wildman–Crippen LogP) is 2.39. The average Bonchev–Trinajstić information content (AvgIpc) is 2.80. The molecule has 78 valence electrons. The van der Waals surface area contributed by atoms with Crippen molar-refractivity contribution >= 4 is 11.3 Å². The normalized spacial score (nSPS) is 12.6. The minimum Gasteiger partial charge on any atom is -0.304 e. The zero-order valence-electron chi connectivity index (χ0n) is 8.55. The van der Waals surface area contributed by atoms with E-state index in [0.29, 0.717) is 6.04 Å². The summed E-state index contributed by atoms with van der Waals surface area (Å²) >= 11 is 1.67. The predicted molar refractivity (Wildman–Crippen MR) is 61.6 cm³/mol. The summed E-state index contributed by atoms with van der Waals surface area (Å²) in [5.41, 5.74) is 1.20. The summed E-state index contributed by atoms with van der Waals surface area (Å²) in [6.45, 7) is 2.94. The van der Waals surface area contributed by atoms with Crippen molar-refractivity contribution in [1.82, 2.24) is 15.3 Å². The highest BCUT2D eigenvalue weighted by Gasteiger charge is 2.04. The zero-order valence-corrected chi connectivity index (χ0v) is 9.37. The van der Waals surface area contributed by atoms with Crippen LogP contribution in [0.1, 0.15) is 23.5 Å². The van der Waals surface area contributed by atoms with Gasteiger partial charge in [-0.1, -0.05) is 6.07 Å². The monoisotopic (exact) mass is 219 g/mol. The van der Waals surface area contributed by atoms with Gasteiger partial charge in [0, 0.05) is 36.6 Å². The van der Waals surface area contributed by atoms with E-state index in [4.69, 9.17) is 0 Å². The van der Waals surface area contributed by atoms with Gasteiger partial charge in [-0.15, -0.1) is 11.3 Å². The van der Waals surface area contributed by atoms with E-state index >= 15 is 0 Å². The molecule has 0 amide bonds. The van der Waals surface area contributed by atoms with Gasteiger partial charge < -0.3 is 5.32 Å². The van der Waals surface area contributed by atoms with E-state index in [0.717, 1.165) is 11.6 Å². The lowest BCUT2D eigenvalue weighted by atomic mass is 10.1. The molecule has 3 nitrogen and oxygen atoms in total. The fourth-order valence-electron chi connectivity index (χ4n) is 1.33. The Morgan fingerprint density at radius 1 is 1.47 bits per heavy atom. The molecule has 0 saturated carbocycles. The van der Waals surface area contributed by atoms with Crippen molar-refractivity contribution in [3.8, 4) is 0 Å². The van der Waals surface area contributed by atoms with E-state index in [2.05, 4.69) is 28.3 Å². The summed E-state index contributed by atoms with van der Waals surface area (Å²) in [6, 6.07) is 4.34. The van der Waals surface area contributed by atoms with Crippen LogP contribution in [-0.2, 0) is 6.54 Å². The Kier molecular flexibility index (Phi) is 3.42. The number of pyridine rings is 1. The van der Waals surface area contributed by atoms with Gasteiger partial charge in [-0.3, -0.25) is 4.98 Å². The Bertz CT molecular complexity index is 385. The van der Waals surface area contributed by atoms with Crippen LogP contribution in [0.2, 0.25) is 0 Å². The number of hydrogen-bond acceptors (Lipinski definition) is 4. The number of thiazole rings is 1. The molecular weight excluding hydrogens is 206 g/mol. The number of hydrogen-bond donors (Lipinski definition) is 1. The van der Waals surface area contributed by atoms with Crippen LogP contribution in [0.5, 0.6) is 0 Å². The number of rotatable bonds is 4. The Hall–Kier alpha value is -1.26. The summed E-state index contributed by atoms with van der Waals surface area (Å²) in [4.78, 5) is 8.32. The van der Waals surface area contributed by atoms with Gasteiger partial charge in [-0.2, -0.15) is 0 Å². The lowest BCUT2D eigenvalue weighted by Gasteiger charge is -2.12. The fourth-order valence-corrected chi connectivity index (χ4v) is 1.90. The summed E-state index contributed by atoms with van der Waals surface area (Å²) in [7, 11) is 0. The van der Waals surface area contributed by atoms with Gasteiger partial charge in [0.1, 0.15) is 5.01 Å². The lowest BCUT2D eigenvalue weighted by molar-refractivity contribution is 0.571. The molecule has 2 aromatic rings. The molecule has 15 heavy (non-hydrogen) atoms. The van der Waals surface area contributed by atoms with Crippen molar-refractivity contribution in [3.63, 3.8) is 0 Å². The molecule has 1 N–H and O–H groups in total. The summed E-state index contributed by atoms with van der Waals surface area (Å²) in [5, 5.41) is 6.52. The van der Waals surface area contributed by atoms with Crippen LogP contribution >= 0.6 is 11.3 Å². The molecule has 0 aliphatic carbocycles. The van der Waals surface area contributed by atoms with Gasteiger partial charge in [-0.05, 0) is 18.6 Å². The first-order valence-electron chi connectivity index (χ1n) is 4.88. The summed E-state index contributed by atoms with van der Waals surface area (Å²) < 4.78 is 0. The number of nitrogens with zero attached hydrogens (tertiary/aromatic N) is 2. The van der Waals surface area contributed by atoms with Gasteiger partial charge in [-0.25, -0.2) is 4.98 Å². The number of aromatic nitrogens is 2. The second kappa shape index (κ2) is 5.00. The quantitative estimate of drug-likeness (QED) is 0.858. The van der Waals surface area contributed by atoms with E-state index < -0.39 is 0 Å². The van der Waals surface area contributed by atoms with Gasteiger partial charge in [0.15, 0.2) is 0 Å². The van der Waals surface area contributed by atoms with Crippen LogP contribution in [0.25, 0.3) is 0 Å². The van der Waals surface area contributed by atoms with Crippen LogP contribution in [0, 0.1) is 0 Å². The minimum atomic E-state index is 0.308. The fraction of sp³-hybridized carbons (Fsp3) is 0.273. The van der Waals surface area contributed by atoms with Gasteiger partial charge in [0.2, 0.25) is 0 Å². The van der Waals surface area contributed by atoms with Crippen LogP contribution in [0.3, 0.4) is 0 Å². The largest absolute Gasteiger partial charge is 0.304 e. The Morgan fingerprint density at radius 2 is 2.40 bits per heavy atom. The molecule has 0 bridgehead atoms. The first-order valence-corrected chi connectivity index (χ1v) is 5.76. The molecule has 0 unspecified atom stereocenters. The molecule has 0 spiro atoms. The molecule has 0 aliphatic rings. The van der Waals surface area contributed by atoms with E-state index in [9.17, 15) is 0 Å². The second-order valence-corrected chi connectivity index (χ2v) is 4.29.